The van der Waals surface area contributed by atoms with Crippen molar-refractivity contribution >= 4 is 30.1 Å². The Bertz CT molecular complexity index is 447. The molecule has 5 N–H and O–H groups in total. The molecule has 6 nitrogen and oxygen atoms in total. The molecule has 0 saturated carbocycles. The van der Waals surface area contributed by atoms with Gasteiger partial charge in [0.1, 0.15) is 5.75 Å². The van der Waals surface area contributed by atoms with Gasteiger partial charge in [-0.05, 0) is 37.1 Å². The molecule has 0 fully saturated rings. The van der Waals surface area contributed by atoms with Crippen LogP contribution in [0.4, 0.5) is 10.5 Å². The van der Waals surface area contributed by atoms with Crippen LogP contribution in [-0.2, 0) is 0 Å². The van der Waals surface area contributed by atoms with Crippen molar-refractivity contribution in [1.29, 1.82) is 0 Å². The number of carbonyl (C=O) groups excluding carboxylic acids is 1. The van der Waals surface area contributed by atoms with E-state index in [0.717, 1.165) is 16.9 Å². The van der Waals surface area contributed by atoms with Crippen LogP contribution in [0, 0.1) is 13.8 Å². The second-order valence-electron chi connectivity index (χ2n) is 3.60. The highest BCUT2D eigenvalue weighted by molar-refractivity contribution is 5.99. The van der Waals surface area contributed by atoms with Crippen LogP contribution in [0.15, 0.2) is 17.1 Å². The highest BCUT2D eigenvalue weighted by Crippen LogP contribution is 2.26. The maximum Gasteiger partial charge on any atom is 0.348 e. The molecule has 0 aliphatic heterocycles. The van der Waals surface area contributed by atoms with Crippen molar-refractivity contribution in [3.05, 3.63) is 23.3 Å². The minimum absolute atomic E-state index is 0. The summed E-state index contributed by atoms with van der Waals surface area (Å²) in [6, 6.07) is 3.04. The number of anilines is 1. The normalized spacial score (nSPS) is 9.06. The molecule has 0 aromatic heterocycles. The van der Waals surface area contributed by atoms with Crippen molar-refractivity contribution < 1.29 is 9.53 Å². The second-order valence-corrected chi connectivity index (χ2v) is 3.60. The molecule has 0 aliphatic carbocycles. The van der Waals surface area contributed by atoms with Crippen LogP contribution in [0.1, 0.15) is 11.1 Å². The smallest absolute Gasteiger partial charge is 0.348 e. The molecule has 0 aliphatic rings. The minimum atomic E-state index is -0.596. The number of guanidine groups is 1. The van der Waals surface area contributed by atoms with E-state index in [4.69, 9.17) is 16.2 Å². The monoisotopic (exact) mass is 272 g/mol. The highest BCUT2D eigenvalue weighted by atomic mass is 35.5. The maximum atomic E-state index is 11.4. The first-order valence-electron chi connectivity index (χ1n) is 5.00. The Morgan fingerprint density at radius 1 is 1.28 bits per heavy atom. The molecule has 0 saturated heterocycles. The van der Waals surface area contributed by atoms with Gasteiger partial charge in [-0.25, -0.2) is 4.79 Å². The van der Waals surface area contributed by atoms with Gasteiger partial charge in [-0.1, -0.05) is 0 Å². The van der Waals surface area contributed by atoms with Gasteiger partial charge in [-0.3, -0.25) is 0 Å². The van der Waals surface area contributed by atoms with Gasteiger partial charge in [0, 0.05) is 5.69 Å². The number of aliphatic imine (C=N–C) groups is 1. The summed E-state index contributed by atoms with van der Waals surface area (Å²) in [5.41, 5.74) is 12.7. The number of methoxy groups -OCH3 is 1. The number of hydrogen-bond donors (Lipinski definition) is 3. The molecular weight excluding hydrogens is 256 g/mol. The lowest BCUT2D eigenvalue weighted by atomic mass is 10.1. The average Bonchev–Trinajstić information content (AvgIpc) is 2.22. The van der Waals surface area contributed by atoms with Gasteiger partial charge in [0.15, 0.2) is 5.96 Å². The fourth-order valence-electron chi connectivity index (χ4n) is 1.49. The lowest BCUT2D eigenvalue weighted by Crippen LogP contribution is -2.25. The maximum absolute atomic E-state index is 11.4. The third kappa shape index (κ3) is 4.14. The molecule has 0 spiro atoms. The molecule has 100 valence electrons. The number of nitrogens with two attached hydrogens (primary N) is 2. The number of hydrogen-bond acceptors (Lipinski definition) is 2. The predicted molar refractivity (Wildman–Crippen MR) is 74.5 cm³/mol. The molecule has 0 radical (unpaired) electrons. The van der Waals surface area contributed by atoms with Gasteiger partial charge >= 0.3 is 6.03 Å². The number of benzene rings is 1. The zero-order valence-corrected chi connectivity index (χ0v) is 11.3. The van der Waals surface area contributed by atoms with Crippen LogP contribution in [-0.4, -0.2) is 19.1 Å². The number of carbonyl (C=O) groups is 1. The largest absolute Gasteiger partial charge is 0.497 e. The predicted octanol–water partition coefficient (Wildman–Crippen LogP) is 1.54. The van der Waals surface area contributed by atoms with Crippen LogP contribution in [0.3, 0.4) is 0 Å². The molecule has 1 aromatic rings. The summed E-state index contributed by atoms with van der Waals surface area (Å²) in [6.07, 6.45) is 0. The fraction of sp³-hybridized carbons (Fsp3) is 0.273. The van der Waals surface area contributed by atoms with Gasteiger partial charge in [-0.15, -0.1) is 12.4 Å². The minimum Gasteiger partial charge on any atom is -0.497 e. The second kappa shape index (κ2) is 6.70. The quantitative estimate of drug-likeness (QED) is 0.561. The summed E-state index contributed by atoms with van der Waals surface area (Å²) in [5.74, 6) is 0.464. The topological polar surface area (TPSA) is 103 Å². The Hall–Kier alpha value is -1.95. The Balaban J connectivity index is 0.00000289. The van der Waals surface area contributed by atoms with Crippen LogP contribution in [0.2, 0.25) is 0 Å². The number of nitrogens with zero attached hydrogens (tertiary/aromatic N) is 1. The van der Waals surface area contributed by atoms with E-state index in [1.165, 1.54) is 0 Å². The zero-order valence-electron chi connectivity index (χ0n) is 10.5. The average molecular weight is 273 g/mol. The third-order valence-corrected chi connectivity index (χ3v) is 2.20. The van der Waals surface area contributed by atoms with E-state index in [0.29, 0.717) is 5.69 Å². The molecule has 1 aromatic carbocycles. The molecule has 0 unspecified atom stereocenters. The number of halogens is 1. The van der Waals surface area contributed by atoms with Crippen molar-refractivity contribution in [2.45, 2.75) is 13.8 Å². The van der Waals surface area contributed by atoms with Gasteiger partial charge in [0.2, 0.25) is 0 Å². The van der Waals surface area contributed by atoms with Gasteiger partial charge in [0.05, 0.1) is 7.11 Å². The first-order valence-corrected chi connectivity index (χ1v) is 5.00. The number of ether oxygens (including phenoxy) is 1. The van der Waals surface area contributed by atoms with Gasteiger partial charge in [0.25, 0.3) is 0 Å². The standard InChI is InChI=1S/C11H16N4O2.ClH/c1-6-4-8(17-3)5-7(2)9(6)14-11(16)15-10(12)13;/h4-5H,1-3H3,(H5,12,13,14,15,16);1H. The van der Waals surface area contributed by atoms with E-state index in [2.05, 4.69) is 10.3 Å². The molecule has 1 rings (SSSR count). The fourth-order valence-corrected chi connectivity index (χ4v) is 1.49. The molecular formula is C11H17ClN4O2. The Morgan fingerprint density at radius 3 is 2.17 bits per heavy atom. The summed E-state index contributed by atoms with van der Waals surface area (Å²) in [4.78, 5) is 14.8. The first kappa shape index (κ1) is 16.1. The molecule has 7 heteroatoms. The number of nitrogens with one attached hydrogen (secondary N) is 1. The summed E-state index contributed by atoms with van der Waals surface area (Å²) >= 11 is 0. The molecule has 2 amide bonds. The SMILES string of the molecule is COc1cc(C)c(NC(=O)N=C(N)N)c(C)c1.Cl. The van der Waals surface area contributed by atoms with E-state index in [1.807, 2.05) is 26.0 Å². The van der Waals surface area contributed by atoms with Crippen molar-refractivity contribution in [1.82, 2.24) is 0 Å². The number of amides is 2. The summed E-state index contributed by atoms with van der Waals surface area (Å²) in [6.45, 7) is 3.72. The van der Waals surface area contributed by atoms with E-state index in [-0.39, 0.29) is 18.4 Å². The van der Waals surface area contributed by atoms with Crippen LogP contribution < -0.4 is 21.5 Å². The summed E-state index contributed by atoms with van der Waals surface area (Å²) in [5, 5.41) is 2.62. The molecule has 0 bridgehead atoms. The Morgan fingerprint density at radius 2 is 1.78 bits per heavy atom. The van der Waals surface area contributed by atoms with Crippen molar-refractivity contribution in [3.8, 4) is 5.75 Å². The van der Waals surface area contributed by atoms with E-state index >= 15 is 0 Å². The summed E-state index contributed by atoms with van der Waals surface area (Å²) in [7, 11) is 1.59. The Kier molecular flexibility index (Phi) is 5.98. The van der Waals surface area contributed by atoms with Gasteiger partial charge < -0.3 is 21.5 Å². The van der Waals surface area contributed by atoms with E-state index < -0.39 is 6.03 Å². The molecule has 0 atom stereocenters. The third-order valence-electron chi connectivity index (χ3n) is 2.20. The van der Waals surface area contributed by atoms with Crippen LogP contribution in [0.25, 0.3) is 0 Å². The van der Waals surface area contributed by atoms with Crippen molar-refractivity contribution in [2.24, 2.45) is 16.5 Å². The zero-order chi connectivity index (χ0) is 13.0. The lowest BCUT2D eigenvalue weighted by molar-refractivity contribution is 0.259. The number of urea groups is 1. The van der Waals surface area contributed by atoms with E-state index in [1.54, 1.807) is 7.11 Å². The summed E-state index contributed by atoms with van der Waals surface area (Å²) < 4.78 is 5.12. The molecule has 0 heterocycles. The first-order chi connectivity index (χ1) is 7.93. The van der Waals surface area contributed by atoms with Crippen molar-refractivity contribution in [2.75, 3.05) is 12.4 Å². The van der Waals surface area contributed by atoms with Crippen LogP contribution >= 0.6 is 12.4 Å². The Labute approximate surface area is 112 Å². The number of aryl methyl sites for hydroxylation is 2. The highest BCUT2D eigenvalue weighted by Gasteiger charge is 2.08. The molecule has 18 heavy (non-hydrogen) atoms. The van der Waals surface area contributed by atoms with Gasteiger partial charge in [-0.2, -0.15) is 4.99 Å². The number of rotatable bonds is 2. The van der Waals surface area contributed by atoms with Crippen molar-refractivity contribution in [3.63, 3.8) is 0 Å². The lowest BCUT2D eigenvalue weighted by Gasteiger charge is -2.11. The van der Waals surface area contributed by atoms with Crippen LogP contribution in [0.5, 0.6) is 5.75 Å². The van der Waals surface area contributed by atoms with E-state index in [9.17, 15) is 4.79 Å².